The minimum atomic E-state index is 0.560. The van der Waals surface area contributed by atoms with E-state index in [4.69, 9.17) is 4.74 Å². The fourth-order valence-corrected chi connectivity index (χ4v) is 6.73. The van der Waals surface area contributed by atoms with E-state index in [0.29, 0.717) is 11.5 Å². The van der Waals surface area contributed by atoms with Crippen LogP contribution in [0.25, 0.3) is 0 Å². The number of methoxy groups -OCH3 is 1. The highest BCUT2D eigenvalue weighted by Crippen LogP contribution is 2.63. The zero-order valence-corrected chi connectivity index (χ0v) is 13.3. The molecule has 4 aliphatic rings. The van der Waals surface area contributed by atoms with Crippen LogP contribution in [0.2, 0.25) is 0 Å². The first-order valence-electron chi connectivity index (χ1n) is 8.97. The third kappa shape index (κ3) is 1.83. The number of fused-ring (bicyclic) bond motifs is 1. The molecule has 0 N–H and O–H groups in total. The minimum Gasteiger partial charge on any atom is -0.381 e. The number of ether oxygens (including phenoxy) is 1. The molecule has 0 aromatic heterocycles. The average Bonchev–Trinajstić information content (AvgIpc) is 2.50. The number of rotatable bonds is 1. The molecule has 2 heteroatoms. The molecular formula is C18H31NO. The van der Waals surface area contributed by atoms with Crippen molar-refractivity contribution in [2.24, 2.45) is 23.2 Å². The molecule has 6 atom stereocenters. The van der Waals surface area contributed by atoms with Crippen molar-refractivity contribution in [1.29, 1.82) is 0 Å². The maximum absolute atomic E-state index is 5.76. The summed E-state index contributed by atoms with van der Waals surface area (Å²) >= 11 is 0. The van der Waals surface area contributed by atoms with Gasteiger partial charge in [0.25, 0.3) is 0 Å². The number of piperidine rings is 1. The molecule has 4 rings (SSSR count). The van der Waals surface area contributed by atoms with Crippen molar-refractivity contribution in [3.8, 4) is 0 Å². The molecule has 20 heavy (non-hydrogen) atoms. The summed E-state index contributed by atoms with van der Waals surface area (Å²) in [5.41, 5.74) is 0.704. The molecule has 3 aliphatic carbocycles. The highest BCUT2D eigenvalue weighted by molar-refractivity contribution is 5.10. The third-order valence-electron chi connectivity index (χ3n) is 7.67. The summed E-state index contributed by atoms with van der Waals surface area (Å²) in [4.78, 5) is 2.72. The Morgan fingerprint density at radius 3 is 2.75 bits per heavy atom. The first-order valence-corrected chi connectivity index (χ1v) is 8.97. The van der Waals surface area contributed by atoms with Gasteiger partial charge in [0, 0.05) is 13.2 Å². The van der Waals surface area contributed by atoms with Gasteiger partial charge in [-0.15, -0.1) is 0 Å². The molecule has 3 unspecified atom stereocenters. The molecule has 0 spiro atoms. The van der Waals surface area contributed by atoms with Crippen molar-refractivity contribution >= 4 is 0 Å². The Hall–Kier alpha value is -0.0800. The van der Waals surface area contributed by atoms with E-state index in [2.05, 4.69) is 11.9 Å². The van der Waals surface area contributed by atoms with Crippen LogP contribution in [0.1, 0.15) is 57.8 Å². The molecule has 0 amide bonds. The normalized spacial score (nSPS) is 52.2. The fourth-order valence-electron chi connectivity index (χ4n) is 6.73. The molecule has 2 bridgehead atoms. The summed E-state index contributed by atoms with van der Waals surface area (Å²) in [5, 5.41) is 0. The monoisotopic (exact) mass is 277 g/mol. The average molecular weight is 277 g/mol. The number of likely N-dealkylation sites (tertiary alicyclic amines) is 1. The van der Waals surface area contributed by atoms with Crippen LogP contribution in [0.5, 0.6) is 0 Å². The van der Waals surface area contributed by atoms with Gasteiger partial charge >= 0.3 is 0 Å². The Kier molecular flexibility index (Phi) is 3.38. The Labute approximate surface area is 124 Å². The second-order valence-corrected chi connectivity index (χ2v) is 8.16. The largest absolute Gasteiger partial charge is 0.381 e. The number of nitrogens with zero attached hydrogens (tertiary/aromatic N) is 1. The van der Waals surface area contributed by atoms with Crippen LogP contribution in [0.15, 0.2) is 0 Å². The zero-order chi connectivity index (χ0) is 13.7. The van der Waals surface area contributed by atoms with Crippen LogP contribution in [0.4, 0.5) is 0 Å². The van der Waals surface area contributed by atoms with E-state index in [1.807, 2.05) is 7.11 Å². The summed E-state index contributed by atoms with van der Waals surface area (Å²) < 4.78 is 5.76. The molecule has 0 aromatic rings. The number of hydrogen-bond donors (Lipinski definition) is 0. The van der Waals surface area contributed by atoms with E-state index in [0.717, 1.165) is 23.8 Å². The second-order valence-electron chi connectivity index (χ2n) is 8.16. The van der Waals surface area contributed by atoms with Gasteiger partial charge in [-0.3, -0.25) is 0 Å². The van der Waals surface area contributed by atoms with Gasteiger partial charge in [0.1, 0.15) is 0 Å². The molecule has 0 aromatic carbocycles. The molecule has 1 aliphatic heterocycles. The first-order chi connectivity index (χ1) is 9.74. The first kappa shape index (κ1) is 13.6. The predicted octanol–water partition coefficient (Wildman–Crippen LogP) is 3.70. The van der Waals surface area contributed by atoms with E-state index in [1.165, 1.54) is 64.3 Å². The highest BCUT2D eigenvalue weighted by atomic mass is 16.5. The predicted molar refractivity (Wildman–Crippen MR) is 81.7 cm³/mol. The maximum atomic E-state index is 5.76. The number of hydrogen-bond acceptors (Lipinski definition) is 2. The molecule has 1 saturated heterocycles. The Balaban J connectivity index is 1.68. The molecule has 1 heterocycles. The molecular weight excluding hydrogens is 246 g/mol. The lowest BCUT2D eigenvalue weighted by atomic mass is 9.45. The SMILES string of the molecule is COC1CCC2C[C@H]3[C@H]4CCCC[C@@]4(CCN3C)C2C1. The summed E-state index contributed by atoms with van der Waals surface area (Å²) in [6.07, 6.45) is 13.7. The van der Waals surface area contributed by atoms with Crippen molar-refractivity contribution in [3.63, 3.8) is 0 Å². The van der Waals surface area contributed by atoms with Crippen LogP contribution in [-0.2, 0) is 4.74 Å². The Morgan fingerprint density at radius 2 is 1.90 bits per heavy atom. The molecule has 0 radical (unpaired) electrons. The highest BCUT2D eigenvalue weighted by Gasteiger charge is 2.59. The second kappa shape index (κ2) is 4.98. The van der Waals surface area contributed by atoms with E-state index < -0.39 is 0 Å². The summed E-state index contributed by atoms with van der Waals surface area (Å²) in [6, 6.07) is 0.907. The van der Waals surface area contributed by atoms with Gasteiger partial charge in [0.2, 0.25) is 0 Å². The van der Waals surface area contributed by atoms with Crippen LogP contribution in [-0.4, -0.2) is 37.7 Å². The lowest BCUT2D eigenvalue weighted by Gasteiger charge is -2.65. The molecule has 4 fully saturated rings. The van der Waals surface area contributed by atoms with Gasteiger partial charge < -0.3 is 9.64 Å². The van der Waals surface area contributed by atoms with Gasteiger partial charge in [-0.25, -0.2) is 0 Å². The minimum absolute atomic E-state index is 0.560. The maximum Gasteiger partial charge on any atom is 0.0574 e. The molecule has 3 saturated carbocycles. The van der Waals surface area contributed by atoms with E-state index in [-0.39, 0.29) is 0 Å². The van der Waals surface area contributed by atoms with Crippen LogP contribution >= 0.6 is 0 Å². The molecule has 114 valence electrons. The van der Waals surface area contributed by atoms with Crippen molar-refractivity contribution < 1.29 is 4.74 Å². The van der Waals surface area contributed by atoms with Gasteiger partial charge in [0.05, 0.1) is 6.10 Å². The summed E-state index contributed by atoms with van der Waals surface area (Å²) in [6.45, 7) is 1.35. The zero-order valence-electron chi connectivity index (χ0n) is 13.3. The van der Waals surface area contributed by atoms with Gasteiger partial charge in [-0.2, -0.15) is 0 Å². The van der Waals surface area contributed by atoms with E-state index in [1.54, 1.807) is 0 Å². The smallest absolute Gasteiger partial charge is 0.0574 e. The van der Waals surface area contributed by atoms with Crippen molar-refractivity contribution in [1.82, 2.24) is 4.90 Å². The lowest BCUT2D eigenvalue weighted by Crippen LogP contribution is -2.63. The van der Waals surface area contributed by atoms with Crippen LogP contribution in [0.3, 0.4) is 0 Å². The standard InChI is InChI=1S/C18H31NO/c1-19-10-9-18-8-4-3-5-15(18)17(19)11-13-6-7-14(20-2)12-16(13)18/h13-17H,3-12H2,1-2H3/t13?,14?,15-,16?,17+,18+/m1/s1. The van der Waals surface area contributed by atoms with E-state index >= 15 is 0 Å². The van der Waals surface area contributed by atoms with Gasteiger partial charge in [-0.1, -0.05) is 12.8 Å². The van der Waals surface area contributed by atoms with Gasteiger partial charge in [-0.05, 0) is 81.7 Å². The van der Waals surface area contributed by atoms with Crippen molar-refractivity contribution in [2.75, 3.05) is 20.7 Å². The third-order valence-corrected chi connectivity index (χ3v) is 7.67. The molecule has 2 nitrogen and oxygen atoms in total. The van der Waals surface area contributed by atoms with Crippen molar-refractivity contribution in [3.05, 3.63) is 0 Å². The van der Waals surface area contributed by atoms with Crippen LogP contribution < -0.4 is 0 Å². The topological polar surface area (TPSA) is 12.5 Å². The fraction of sp³-hybridized carbons (Fsp3) is 1.00. The Bertz CT molecular complexity index is 370. The quantitative estimate of drug-likeness (QED) is 0.724. The lowest BCUT2D eigenvalue weighted by molar-refractivity contribution is -0.161. The Morgan fingerprint density at radius 1 is 1.00 bits per heavy atom. The van der Waals surface area contributed by atoms with Crippen molar-refractivity contribution in [2.45, 2.75) is 69.9 Å². The van der Waals surface area contributed by atoms with Gasteiger partial charge in [0.15, 0.2) is 0 Å². The summed E-state index contributed by atoms with van der Waals surface area (Å²) in [5.74, 6) is 2.99. The van der Waals surface area contributed by atoms with E-state index in [9.17, 15) is 0 Å². The summed E-state index contributed by atoms with van der Waals surface area (Å²) in [7, 11) is 4.32. The van der Waals surface area contributed by atoms with Crippen LogP contribution in [0, 0.1) is 23.2 Å².